The van der Waals surface area contributed by atoms with Crippen LogP contribution in [-0.4, -0.2) is 18.5 Å². The molecule has 0 aromatic heterocycles. The fourth-order valence-electron chi connectivity index (χ4n) is 6.89. The van der Waals surface area contributed by atoms with E-state index >= 15 is 0 Å². The fraction of sp³-hybridized carbons (Fsp3) is 0.176. The van der Waals surface area contributed by atoms with Crippen LogP contribution in [0.3, 0.4) is 0 Å². The van der Waals surface area contributed by atoms with E-state index in [0.29, 0.717) is 5.92 Å². The molecule has 0 unspecified atom stereocenters. The SMILES string of the molecule is CC(CP(c1ccccc1)c1ccccc1)(CP(c1ccccc1)c1ccccc1)CP(c1ccccc1)c1ccccc1.Cc1ccc(C(C)C)cc1.F[P-](F)(F)(F)(F)F.[Cl][Ru+]. The molecule has 0 heterocycles. The van der Waals surface area contributed by atoms with E-state index in [-0.39, 0.29) is 5.41 Å². The molecule has 7 rings (SSSR count). The number of halogens is 7. The Labute approximate surface area is 388 Å². The molecule has 0 aliphatic heterocycles. The Morgan fingerprint density at radius 3 is 0.778 bits per heavy atom. The van der Waals surface area contributed by atoms with E-state index in [1.165, 1.54) is 43.0 Å². The molecule has 0 radical (unpaired) electrons. The van der Waals surface area contributed by atoms with Crippen molar-refractivity contribution >= 4 is 73.1 Å². The zero-order valence-electron chi connectivity index (χ0n) is 35.6. The summed E-state index contributed by atoms with van der Waals surface area (Å²) in [5, 5.41) is 8.79. The standard InChI is InChI=1S/C41H39P3.C10H14.ClH.F6P.Ru/c1-41(32-42(35-20-8-2-9-21-35)36-22-10-3-11-23-36,33-43(37-24-12-4-13-25-37)38-26-14-5-15-27-38)34-44(39-28-16-6-17-29-39)40-30-18-7-19-31-40;1-8(2)10-6-4-9(3)5-7-10;;1-7(2,3,4,5)6;/h2-31H,32-34H2,1H3;4-8H,1-3H3;1H;;/q;;;-1;+2/p-1. The number of rotatable bonds is 13. The van der Waals surface area contributed by atoms with Crippen molar-refractivity contribution in [2.24, 2.45) is 5.41 Å². The predicted octanol–water partition coefficient (Wildman–Crippen LogP) is 15.6. The second kappa shape index (κ2) is 23.8. The van der Waals surface area contributed by atoms with Crippen LogP contribution in [0.25, 0.3) is 0 Å². The van der Waals surface area contributed by atoms with Crippen molar-refractivity contribution < 1.29 is 42.5 Å². The molecule has 0 spiro atoms. The van der Waals surface area contributed by atoms with Gasteiger partial charge >= 0.3 is 60.0 Å². The fourth-order valence-corrected chi connectivity index (χ4v) is 15.6. The van der Waals surface area contributed by atoms with Crippen molar-refractivity contribution in [1.29, 1.82) is 0 Å². The van der Waals surface area contributed by atoms with Crippen molar-refractivity contribution in [1.82, 2.24) is 0 Å². The second-order valence-electron chi connectivity index (χ2n) is 15.6. The number of aryl methyl sites for hydroxylation is 1. The summed E-state index contributed by atoms with van der Waals surface area (Å²) in [6.07, 6.45) is 3.44. The molecule has 7 aromatic carbocycles. The quantitative estimate of drug-likeness (QED) is 0.0613. The van der Waals surface area contributed by atoms with Gasteiger partial charge in [-0.05, 0) is 97.9 Å². The molecule has 0 aliphatic rings. The summed E-state index contributed by atoms with van der Waals surface area (Å²) >= 11 is 1.82. The molecule has 0 nitrogen and oxygen atoms in total. The predicted molar refractivity (Wildman–Crippen MR) is 265 cm³/mol. The summed E-state index contributed by atoms with van der Waals surface area (Å²) in [7, 11) is -7.75. The molecule has 334 valence electrons. The molecule has 0 bridgehead atoms. The summed E-state index contributed by atoms with van der Waals surface area (Å²) in [4.78, 5) is 0. The first-order valence-electron chi connectivity index (χ1n) is 20.2. The molecule has 0 amide bonds. The number of hydrogen-bond acceptors (Lipinski definition) is 0. The Kier molecular flexibility index (Phi) is 19.8. The topological polar surface area (TPSA) is 0 Å². The Bertz CT molecular complexity index is 2000. The van der Waals surface area contributed by atoms with E-state index in [4.69, 9.17) is 0 Å². The van der Waals surface area contributed by atoms with Crippen molar-refractivity contribution in [3.8, 4) is 0 Å². The van der Waals surface area contributed by atoms with Gasteiger partial charge in [0.25, 0.3) is 0 Å². The van der Waals surface area contributed by atoms with E-state index in [9.17, 15) is 25.2 Å². The van der Waals surface area contributed by atoms with Gasteiger partial charge in [0.15, 0.2) is 0 Å². The van der Waals surface area contributed by atoms with Crippen LogP contribution in [0.5, 0.6) is 0 Å². The van der Waals surface area contributed by atoms with Gasteiger partial charge in [0.1, 0.15) is 0 Å². The Morgan fingerprint density at radius 2 is 0.603 bits per heavy atom. The van der Waals surface area contributed by atoms with Crippen LogP contribution in [0.2, 0.25) is 0 Å². The van der Waals surface area contributed by atoms with E-state index in [0.717, 1.165) is 18.5 Å². The third kappa shape index (κ3) is 19.8. The van der Waals surface area contributed by atoms with Gasteiger partial charge in [-0.15, -0.1) is 0 Å². The molecule has 0 atom stereocenters. The third-order valence-electron chi connectivity index (χ3n) is 9.77. The average Bonchev–Trinajstić information content (AvgIpc) is 3.28. The first-order chi connectivity index (χ1) is 29.8. The van der Waals surface area contributed by atoms with E-state index in [1.807, 2.05) is 17.3 Å². The Morgan fingerprint density at radius 1 is 0.413 bits per heavy atom. The van der Waals surface area contributed by atoms with Gasteiger partial charge in [0, 0.05) is 0 Å². The Hall–Kier alpha value is -3.25. The van der Waals surface area contributed by atoms with E-state index in [1.54, 1.807) is 0 Å². The van der Waals surface area contributed by atoms with Crippen LogP contribution in [0.1, 0.15) is 37.8 Å². The normalized spacial score (nSPS) is 12.5. The third-order valence-corrected chi connectivity index (χ3v) is 18.5. The number of benzene rings is 7. The molecule has 63 heavy (non-hydrogen) atoms. The zero-order valence-corrected chi connectivity index (χ0v) is 41.7. The Balaban J connectivity index is 0.000000382. The molecular weight excluding hydrogens is 987 g/mol. The number of hydrogen-bond donors (Lipinski definition) is 0. The zero-order chi connectivity index (χ0) is 46.0. The van der Waals surface area contributed by atoms with Gasteiger partial charge in [-0.3, -0.25) is 0 Å². The van der Waals surface area contributed by atoms with Crippen molar-refractivity contribution in [2.75, 3.05) is 18.5 Å². The van der Waals surface area contributed by atoms with Crippen LogP contribution in [-0.2, 0) is 17.3 Å². The van der Waals surface area contributed by atoms with Gasteiger partial charge in [0.2, 0.25) is 0 Å². The summed E-state index contributed by atoms with van der Waals surface area (Å²) < 4.78 is 59.2. The minimum atomic E-state index is -10.7. The van der Waals surface area contributed by atoms with Crippen LogP contribution >= 0.6 is 41.3 Å². The molecular formula is C51H53ClF6P4Ru. The van der Waals surface area contributed by atoms with Gasteiger partial charge < -0.3 is 0 Å². The van der Waals surface area contributed by atoms with Crippen LogP contribution in [0.4, 0.5) is 25.2 Å². The maximum atomic E-state index is 9.87. The summed E-state index contributed by atoms with van der Waals surface area (Å²) in [6.45, 7) is 9.15. The first kappa shape index (κ1) is 52.4. The monoisotopic (exact) mass is 1040 g/mol. The second-order valence-corrected chi connectivity index (χ2v) is 24.1. The summed E-state index contributed by atoms with van der Waals surface area (Å²) in [5.41, 5.74) is 2.83. The van der Waals surface area contributed by atoms with Crippen LogP contribution in [0, 0.1) is 12.3 Å². The molecule has 0 saturated heterocycles. The van der Waals surface area contributed by atoms with Crippen molar-refractivity contribution in [2.45, 2.75) is 33.6 Å². The summed E-state index contributed by atoms with van der Waals surface area (Å²) in [5.74, 6) is 0.653. The summed E-state index contributed by atoms with van der Waals surface area (Å²) in [6, 6.07) is 76.4. The molecule has 12 heteroatoms. The van der Waals surface area contributed by atoms with Gasteiger partial charge in [-0.1, -0.05) is 233 Å². The minimum absolute atomic E-state index is 0.0756. The van der Waals surface area contributed by atoms with E-state index in [2.05, 4.69) is 244 Å². The van der Waals surface area contributed by atoms with Crippen molar-refractivity contribution in [3.05, 3.63) is 217 Å². The van der Waals surface area contributed by atoms with Gasteiger partial charge in [-0.2, -0.15) is 0 Å². The van der Waals surface area contributed by atoms with Gasteiger partial charge in [-0.25, -0.2) is 0 Å². The molecule has 0 N–H and O–H groups in total. The molecule has 0 aliphatic carbocycles. The molecule has 0 fully saturated rings. The van der Waals surface area contributed by atoms with Crippen molar-refractivity contribution in [3.63, 3.8) is 0 Å². The molecule has 0 saturated carbocycles. The molecule has 7 aromatic rings. The van der Waals surface area contributed by atoms with Gasteiger partial charge in [0.05, 0.1) is 0 Å². The average molecular weight is 1040 g/mol. The van der Waals surface area contributed by atoms with E-state index < -0.39 is 31.6 Å². The van der Waals surface area contributed by atoms with Crippen LogP contribution in [0.15, 0.2) is 206 Å². The maximum absolute atomic E-state index is 10.7. The van der Waals surface area contributed by atoms with Crippen LogP contribution < -0.4 is 31.8 Å². The first-order valence-corrected chi connectivity index (χ1v) is 29.1.